The smallest absolute Gasteiger partial charge is 0.225 e. The molecule has 2 saturated heterocycles. The van der Waals surface area contributed by atoms with Gasteiger partial charge in [-0.3, -0.25) is 9.88 Å². The minimum Gasteiger partial charge on any atom is -0.371 e. The fourth-order valence-corrected chi connectivity index (χ4v) is 4.04. The van der Waals surface area contributed by atoms with E-state index in [-0.39, 0.29) is 5.60 Å². The number of likely N-dealkylation sites (tertiary alicyclic amines) is 1. The van der Waals surface area contributed by atoms with Gasteiger partial charge in [-0.2, -0.15) is 0 Å². The molecule has 25 heavy (non-hydrogen) atoms. The van der Waals surface area contributed by atoms with Crippen LogP contribution in [-0.4, -0.2) is 58.2 Å². The summed E-state index contributed by atoms with van der Waals surface area (Å²) in [6.07, 6.45) is 8.78. The van der Waals surface area contributed by atoms with Gasteiger partial charge in [-0.05, 0) is 37.6 Å². The maximum Gasteiger partial charge on any atom is 0.225 e. The minimum absolute atomic E-state index is 0.0409. The van der Waals surface area contributed by atoms with E-state index in [1.165, 1.54) is 6.42 Å². The Balaban J connectivity index is 1.40. The predicted octanol–water partition coefficient (Wildman–Crippen LogP) is 2.13. The molecule has 132 valence electrons. The Labute approximate surface area is 148 Å². The Morgan fingerprint density at radius 2 is 2.04 bits per heavy atom. The maximum absolute atomic E-state index is 6.35. The maximum atomic E-state index is 6.35. The number of anilines is 1. The van der Waals surface area contributed by atoms with Gasteiger partial charge in [-0.25, -0.2) is 9.97 Å². The standard InChI is InChI=1S/C19H25N5O/c1-23(18-21-9-5-10-22-18)17-12-19(25-14-17)7-4-11-24(15-19)13-16-6-2-3-8-20-16/h2-3,5-6,8-10,17H,4,7,11-15H2,1H3/t17-,19+/m0/s1. The Morgan fingerprint density at radius 1 is 1.20 bits per heavy atom. The number of piperidine rings is 1. The fourth-order valence-electron chi connectivity index (χ4n) is 4.04. The van der Waals surface area contributed by atoms with Crippen LogP contribution in [-0.2, 0) is 11.3 Å². The molecule has 2 aliphatic rings. The number of nitrogens with zero attached hydrogens (tertiary/aromatic N) is 5. The normalized spacial score (nSPS) is 26.8. The van der Waals surface area contributed by atoms with Crippen molar-refractivity contribution in [2.75, 3.05) is 31.6 Å². The second kappa shape index (κ2) is 7.06. The second-order valence-electron chi connectivity index (χ2n) is 7.15. The number of hydrogen-bond acceptors (Lipinski definition) is 6. The lowest BCUT2D eigenvalue weighted by molar-refractivity contribution is -0.0535. The lowest BCUT2D eigenvalue weighted by Crippen LogP contribution is -2.48. The zero-order valence-corrected chi connectivity index (χ0v) is 14.7. The van der Waals surface area contributed by atoms with Crippen LogP contribution in [0.3, 0.4) is 0 Å². The van der Waals surface area contributed by atoms with E-state index < -0.39 is 0 Å². The van der Waals surface area contributed by atoms with Crippen molar-refractivity contribution < 1.29 is 4.74 Å². The Hall–Kier alpha value is -2.05. The van der Waals surface area contributed by atoms with Crippen molar-refractivity contribution in [3.63, 3.8) is 0 Å². The van der Waals surface area contributed by atoms with Crippen molar-refractivity contribution in [1.29, 1.82) is 0 Å². The Morgan fingerprint density at radius 3 is 2.84 bits per heavy atom. The van der Waals surface area contributed by atoms with Crippen LogP contribution in [0.5, 0.6) is 0 Å². The number of ether oxygens (including phenoxy) is 1. The van der Waals surface area contributed by atoms with Crippen molar-refractivity contribution in [3.05, 3.63) is 48.5 Å². The van der Waals surface area contributed by atoms with Gasteiger partial charge >= 0.3 is 0 Å². The monoisotopic (exact) mass is 339 g/mol. The van der Waals surface area contributed by atoms with E-state index in [4.69, 9.17) is 4.74 Å². The summed E-state index contributed by atoms with van der Waals surface area (Å²) in [7, 11) is 2.07. The zero-order valence-electron chi connectivity index (χ0n) is 14.7. The molecule has 2 atom stereocenters. The van der Waals surface area contributed by atoms with Crippen LogP contribution in [0.15, 0.2) is 42.9 Å². The van der Waals surface area contributed by atoms with Gasteiger partial charge in [-0.15, -0.1) is 0 Å². The average Bonchev–Trinajstić information content (AvgIpc) is 3.06. The van der Waals surface area contributed by atoms with Gasteiger partial charge in [0.15, 0.2) is 0 Å². The summed E-state index contributed by atoms with van der Waals surface area (Å²) in [6.45, 7) is 3.73. The molecule has 0 unspecified atom stereocenters. The lowest BCUT2D eigenvalue weighted by atomic mass is 9.88. The molecule has 2 aromatic heterocycles. The van der Waals surface area contributed by atoms with Crippen molar-refractivity contribution in [1.82, 2.24) is 19.9 Å². The SMILES string of the molecule is CN(c1ncccn1)[C@@H]1CO[C@]2(CCCN(Cc3ccccn3)C2)C1. The van der Waals surface area contributed by atoms with E-state index in [1.54, 1.807) is 12.4 Å². The third-order valence-corrected chi connectivity index (χ3v) is 5.34. The molecule has 2 aromatic rings. The Bertz CT molecular complexity index is 683. The van der Waals surface area contributed by atoms with Crippen LogP contribution in [0.4, 0.5) is 5.95 Å². The molecule has 0 radical (unpaired) electrons. The van der Waals surface area contributed by atoms with E-state index in [2.05, 4.69) is 43.9 Å². The van der Waals surface area contributed by atoms with Crippen LogP contribution >= 0.6 is 0 Å². The largest absolute Gasteiger partial charge is 0.371 e. The number of likely N-dealkylation sites (N-methyl/N-ethyl adjacent to an activating group) is 1. The summed E-state index contributed by atoms with van der Waals surface area (Å²) in [5.74, 6) is 0.773. The summed E-state index contributed by atoms with van der Waals surface area (Å²) in [5.41, 5.74) is 1.09. The lowest BCUT2D eigenvalue weighted by Gasteiger charge is -2.39. The molecule has 4 rings (SSSR count). The van der Waals surface area contributed by atoms with Gasteiger partial charge in [-0.1, -0.05) is 6.07 Å². The number of aromatic nitrogens is 3. The van der Waals surface area contributed by atoms with Crippen molar-refractivity contribution in [2.24, 2.45) is 0 Å². The zero-order chi connectivity index (χ0) is 17.1. The molecule has 0 bridgehead atoms. The van der Waals surface area contributed by atoms with Crippen molar-refractivity contribution in [3.8, 4) is 0 Å². The number of rotatable bonds is 4. The van der Waals surface area contributed by atoms with Gasteiger partial charge in [0, 0.05) is 45.1 Å². The van der Waals surface area contributed by atoms with Crippen LogP contribution in [0.2, 0.25) is 0 Å². The van der Waals surface area contributed by atoms with E-state index in [9.17, 15) is 0 Å². The van der Waals surface area contributed by atoms with Crippen LogP contribution < -0.4 is 4.90 Å². The molecule has 0 saturated carbocycles. The van der Waals surface area contributed by atoms with E-state index in [1.807, 2.05) is 18.3 Å². The van der Waals surface area contributed by atoms with Crippen LogP contribution in [0, 0.1) is 0 Å². The predicted molar refractivity (Wildman–Crippen MR) is 96.3 cm³/mol. The minimum atomic E-state index is -0.0409. The first-order valence-corrected chi connectivity index (χ1v) is 9.00. The number of pyridine rings is 1. The highest BCUT2D eigenvalue weighted by Gasteiger charge is 2.44. The van der Waals surface area contributed by atoms with E-state index >= 15 is 0 Å². The molecule has 0 aromatic carbocycles. The van der Waals surface area contributed by atoms with Crippen molar-refractivity contribution >= 4 is 5.95 Å². The molecule has 4 heterocycles. The third kappa shape index (κ3) is 3.65. The third-order valence-electron chi connectivity index (χ3n) is 5.34. The van der Waals surface area contributed by atoms with Crippen molar-refractivity contribution in [2.45, 2.75) is 37.5 Å². The van der Waals surface area contributed by atoms with Gasteiger partial charge in [0.1, 0.15) is 0 Å². The summed E-state index contributed by atoms with van der Waals surface area (Å²) in [5, 5.41) is 0. The quantitative estimate of drug-likeness (QED) is 0.851. The Kier molecular flexibility index (Phi) is 4.63. The molecule has 0 aliphatic carbocycles. The average molecular weight is 339 g/mol. The molecule has 2 fully saturated rings. The van der Waals surface area contributed by atoms with Crippen LogP contribution in [0.1, 0.15) is 25.0 Å². The highest BCUT2D eigenvalue weighted by atomic mass is 16.5. The molecule has 0 N–H and O–H groups in total. The molecular formula is C19H25N5O. The second-order valence-corrected chi connectivity index (χ2v) is 7.15. The molecule has 1 spiro atoms. The molecular weight excluding hydrogens is 314 g/mol. The topological polar surface area (TPSA) is 54.4 Å². The summed E-state index contributed by atoms with van der Waals surface area (Å²) in [6, 6.07) is 8.30. The first-order valence-electron chi connectivity index (χ1n) is 9.00. The summed E-state index contributed by atoms with van der Waals surface area (Å²) >= 11 is 0. The van der Waals surface area contributed by atoms with Gasteiger partial charge in [0.05, 0.1) is 23.9 Å². The highest BCUT2D eigenvalue weighted by Crippen LogP contribution is 2.37. The van der Waals surface area contributed by atoms with Gasteiger partial charge < -0.3 is 9.64 Å². The van der Waals surface area contributed by atoms with E-state index in [0.29, 0.717) is 6.04 Å². The molecule has 2 aliphatic heterocycles. The molecule has 6 heteroatoms. The summed E-state index contributed by atoms with van der Waals surface area (Å²) < 4.78 is 6.35. The van der Waals surface area contributed by atoms with E-state index in [0.717, 1.165) is 50.7 Å². The molecule has 0 amide bonds. The first-order chi connectivity index (χ1) is 12.2. The van der Waals surface area contributed by atoms with Gasteiger partial charge in [0.2, 0.25) is 5.95 Å². The first kappa shape index (κ1) is 16.4. The number of hydrogen-bond donors (Lipinski definition) is 0. The highest BCUT2D eigenvalue weighted by molar-refractivity contribution is 5.30. The van der Waals surface area contributed by atoms with Crippen LogP contribution in [0.25, 0.3) is 0 Å². The van der Waals surface area contributed by atoms with Gasteiger partial charge in [0.25, 0.3) is 0 Å². The summed E-state index contributed by atoms with van der Waals surface area (Å²) in [4.78, 5) is 17.8. The fraction of sp³-hybridized carbons (Fsp3) is 0.526. The molecule has 6 nitrogen and oxygen atoms in total.